The number of carbonyl (C=O) groups excluding carboxylic acids is 1. The van der Waals surface area contributed by atoms with Gasteiger partial charge in [-0.15, -0.1) is 5.10 Å². The molecule has 1 atom stereocenters. The highest BCUT2D eigenvalue weighted by Crippen LogP contribution is 2.34. The zero-order valence-corrected chi connectivity index (χ0v) is 19.0. The van der Waals surface area contributed by atoms with E-state index in [0.29, 0.717) is 19.0 Å². The minimum Gasteiger partial charge on any atom is -0.355 e. The van der Waals surface area contributed by atoms with Crippen molar-refractivity contribution in [1.82, 2.24) is 15.1 Å². The molecule has 1 amide bonds. The summed E-state index contributed by atoms with van der Waals surface area (Å²) in [4.78, 5) is 17.7. The molecular formula is C27H29FN4O. The monoisotopic (exact) mass is 444 g/mol. The van der Waals surface area contributed by atoms with E-state index in [1.807, 2.05) is 24.0 Å². The number of carbonyl (C=O) groups is 1. The van der Waals surface area contributed by atoms with Crippen molar-refractivity contribution in [3.63, 3.8) is 0 Å². The van der Waals surface area contributed by atoms with Gasteiger partial charge in [0.15, 0.2) is 5.82 Å². The van der Waals surface area contributed by atoms with Crippen molar-refractivity contribution in [1.29, 1.82) is 0 Å². The number of benzene rings is 2. The van der Waals surface area contributed by atoms with Crippen LogP contribution in [0.15, 0.2) is 60.7 Å². The fraction of sp³-hybridized carbons (Fsp3) is 0.370. The van der Waals surface area contributed by atoms with E-state index in [-0.39, 0.29) is 17.6 Å². The fourth-order valence-electron chi connectivity index (χ4n) is 5.19. The van der Waals surface area contributed by atoms with E-state index in [1.54, 1.807) is 12.1 Å². The lowest BCUT2D eigenvalue weighted by Gasteiger charge is -2.37. The summed E-state index contributed by atoms with van der Waals surface area (Å²) in [6.45, 7) is 4.87. The molecule has 2 aliphatic heterocycles. The molecule has 1 fully saturated rings. The largest absolute Gasteiger partial charge is 0.355 e. The highest BCUT2D eigenvalue weighted by atomic mass is 19.1. The molecule has 0 aliphatic carbocycles. The van der Waals surface area contributed by atoms with E-state index in [4.69, 9.17) is 0 Å². The second-order valence-corrected chi connectivity index (χ2v) is 9.14. The van der Waals surface area contributed by atoms with Gasteiger partial charge in [0.2, 0.25) is 5.91 Å². The Balaban J connectivity index is 1.28. The molecule has 1 saturated heterocycles. The first kappa shape index (κ1) is 21.6. The predicted octanol–water partition coefficient (Wildman–Crippen LogP) is 4.90. The van der Waals surface area contributed by atoms with Gasteiger partial charge in [0.05, 0.1) is 5.69 Å². The molecule has 3 heterocycles. The van der Waals surface area contributed by atoms with E-state index in [0.717, 1.165) is 60.2 Å². The van der Waals surface area contributed by atoms with Crippen LogP contribution in [-0.2, 0) is 11.3 Å². The molecule has 5 nitrogen and oxygen atoms in total. The zero-order valence-electron chi connectivity index (χ0n) is 19.0. The second kappa shape index (κ2) is 9.30. The van der Waals surface area contributed by atoms with Crippen LogP contribution in [-0.4, -0.2) is 40.6 Å². The quantitative estimate of drug-likeness (QED) is 0.537. The molecule has 0 bridgehead atoms. The Bertz CT molecular complexity index is 1170. The average Bonchev–Trinajstić information content (AvgIpc) is 3.02. The minimum atomic E-state index is -0.253. The van der Waals surface area contributed by atoms with Gasteiger partial charge in [-0.05, 0) is 49.8 Å². The fourth-order valence-corrected chi connectivity index (χ4v) is 5.19. The molecule has 2 aliphatic rings. The standard InChI is InChI=1S/C27H29FN4O/c1-19-23-6-2-3-8-25(23)26(30-29-19)31-16-13-21(14-17-31)24-7-4-5-15-32(27(24)33)18-20-9-11-22(28)12-10-20/h2-6,8-12,21,24H,7,13-18H2,1H3. The maximum absolute atomic E-state index is 13.5. The summed E-state index contributed by atoms with van der Waals surface area (Å²) in [5.41, 5.74) is 1.90. The normalized spacial score (nSPS) is 19.8. The van der Waals surface area contributed by atoms with Crippen LogP contribution in [0, 0.1) is 24.6 Å². The van der Waals surface area contributed by atoms with Crippen LogP contribution >= 0.6 is 0 Å². The van der Waals surface area contributed by atoms with E-state index in [9.17, 15) is 9.18 Å². The number of aromatic nitrogens is 2. The van der Waals surface area contributed by atoms with Gasteiger partial charge in [-0.25, -0.2) is 4.39 Å². The zero-order chi connectivity index (χ0) is 22.8. The van der Waals surface area contributed by atoms with Crippen molar-refractivity contribution >= 4 is 22.5 Å². The number of hydrogen-bond donors (Lipinski definition) is 0. The molecule has 1 aromatic heterocycles. The van der Waals surface area contributed by atoms with Crippen LogP contribution in [0.5, 0.6) is 0 Å². The Morgan fingerprint density at radius 2 is 1.70 bits per heavy atom. The number of hydrogen-bond acceptors (Lipinski definition) is 4. The number of aryl methyl sites for hydroxylation is 1. The smallest absolute Gasteiger partial charge is 0.226 e. The summed E-state index contributed by atoms with van der Waals surface area (Å²) in [7, 11) is 0. The van der Waals surface area contributed by atoms with Crippen molar-refractivity contribution < 1.29 is 9.18 Å². The predicted molar refractivity (Wildman–Crippen MR) is 128 cm³/mol. The molecular weight excluding hydrogens is 415 g/mol. The third kappa shape index (κ3) is 4.47. The van der Waals surface area contributed by atoms with E-state index in [2.05, 4.69) is 39.4 Å². The van der Waals surface area contributed by atoms with E-state index >= 15 is 0 Å². The summed E-state index contributed by atoms with van der Waals surface area (Å²) in [6.07, 6.45) is 6.94. The Labute approximate surface area is 193 Å². The lowest BCUT2D eigenvalue weighted by atomic mass is 9.81. The SMILES string of the molecule is Cc1nnc(N2CCC(C3CC=CCN(Cc4ccc(F)cc4)C3=O)CC2)c2ccccc12. The number of piperidine rings is 1. The number of allylic oxidation sites excluding steroid dienone is 1. The van der Waals surface area contributed by atoms with Crippen LogP contribution < -0.4 is 4.90 Å². The molecule has 1 unspecified atom stereocenters. The average molecular weight is 445 g/mol. The van der Waals surface area contributed by atoms with Gasteiger partial charge in [-0.1, -0.05) is 48.6 Å². The minimum absolute atomic E-state index is 0.00723. The number of rotatable bonds is 4. The third-order valence-corrected chi connectivity index (χ3v) is 7.06. The van der Waals surface area contributed by atoms with Crippen LogP contribution in [0.4, 0.5) is 10.2 Å². The molecule has 3 aromatic rings. The summed E-state index contributed by atoms with van der Waals surface area (Å²) in [5.74, 6) is 1.24. The molecule has 2 aromatic carbocycles. The van der Waals surface area contributed by atoms with Crippen LogP contribution in [0.3, 0.4) is 0 Å². The van der Waals surface area contributed by atoms with Crippen molar-refractivity contribution in [2.24, 2.45) is 11.8 Å². The molecule has 5 rings (SSSR count). The first-order valence-corrected chi connectivity index (χ1v) is 11.8. The number of halogens is 1. The highest BCUT2D eigenvalue weighted by Gasteiger charge is 2.34. The maximum atomic E-state index is 13.5. The van der Waals surface area contributed by atoms with Gasteiger partial charge in [-0.3, -0.25) is 4.79 Å². The molecule has 0 radical (unpaired) electrons. The van der Waals surface area contributed by atoms with Gasteiger partial charge < -0.3 is 9.80 Å². The highest BCUT2D eigenvalue weighted by molar-refractivity contribution is 5.93. The van der Waals surface area contributed by atoms with Crippen molar-refractivity contribution in [3.05, 3.63) is 77.8 Å². The summed E-state index contributed by atoms with van der Waals surface area (Å²) in [6, 6.07) is 14.7. The number of nitrogens with zero attached hydrogens (tertiary/aromatic N) is 4. The number of amides is 1. The van der Waals surface area contributed by atoms with Gasteiger partial charge in [0.25, 0.3) is 0 Å². The van der Waals surface area contributed by atoms with E-state index < -0.39 is 0 Å². The summed E-state index contributed by atoms with van der Waals surface area (Å²) in [5, 5.41) is 11.2. The Morgan fingerprint density at radius 3 is 2.45 bits per heavy atom. The molecule has 0 N–H and O–H groups in total. The van der Waals surface area contributed by atoms with Crippen LogP contribution in [0.25, 0.3) is 10.8 Å². The Hall–Kier alpha value is -3.28. The lowest BCUT2D eigenvalue weighted by Crippen LogP contribution is -2.42. The third-order valence-electron chi connectivity index (χ3n) is 7.06. The van der Waals surface area contributed by atoms with Crippen LogP contribution in [0.2, 0.25) is 0 Å². The first-order chi connectivity index (χ1) is 16.1. The van der Waals surface area contributed by atoms with Gasteiger partial charge in [0, 0.05) is 42.9 Å². The van der Waals surface area contributed by atoms with E-state index in [1.165, 1.54) is 12.1 Å². The number of anilines is 1. The summed E-state index contributed by atoms with van der Waals surface area (Å²) >= 11 is 0. The van der Waals surface area contributed by atoms with Crippen molar-refractivity contribution in [2.45, 2.75) is 32.7 Å². The lowest BCUT2D eigenvalue weighted by molar-refractivity contribution is -0.137. The molecule has 0 saturated carbocycles. The molecule has 0 spiro atoms. The maximum Gasteiger partial charge on any atom is 0.226 e. The molecule has 170 valence electrons. The number of fused-ring (bicyclic) bond motifs is 1. The van der Waals surface area contributed by atoms with Crippen molar-refractivity contribution in [3.8, 4) is 0 Å². The van der Waals surface area contributed by atoms with Crippen molar-refractivity contribution in [2.75, 3.05) is 24.5 Å². The Kier molecular flexibility index (Phi) is 6.07. The Morgan fingerprint density at radius 1 is 0.970 bits per heavy atom. The topological polar surface area (TPSA) is 49.3 Å². The molecule has 6 heteroatoms. The molecule has 33 heavy (non-hydrogen) atoms. The second-order valence-electron chi connectivity index (χ2n) is 9.14. The van der Waals surface area contributed by atoms with Gasteiger partial charge in [-0.2, -0.15) is 5.10 Å². The summed E-state index contributed by atoms with van der Waals surface area (Å²) < 4.78 is 13.3. The van der Waals surface area contributed by atoms with Crippen LogP contribution in [0.1, 0.15) is 30.5 Å². The van der Waals surface area contributed by atoms with Gasteiger partial charge >= 0.3 is 0 Å². The first-order valence-electron chi connectivity index (χ1n) is 11.8. The van der Waals surface area contributed by atoms with Gasteiger partial charge in [0.1, 0.15) is 5.82 Å².